The minimum atomic E-state index is 0.299. The first-order chi connectivity index (χ1) is 9.84. The summed E-state index contributed by atoms with van der Waals surface area (Å²) in [5.41, 5.74) is 0.910. The Morgan fingerprint density at radius 2 is 2.25 bits per heavy atom. The molecular weight excluding hydrogens is 270 g/mol. The van der Waals surface area contributed by atoms with Crippen LogP contribution in [0.4, 0.5) is 0 Å². The average molecular weight is 291 g/mol. The molecule has 1 saturated heterocycles. The topological polar surface area (TPSA) is 46.1 Å². The molecule has 2 aliphatic rings. The van der Waals surface area contributed by atoms with Gasteiger partial charge in [0, 0.05) is 48.6 Å². The molecule has 1 aliphatic heterocycles. The van der Waals surface area contributed by atoms with E-state index < -0.39 is 0 Å². The molecule has 2 fully saturated rings. The number of carbonyl (C=O) groups excluding carboxylic acids is 1. The van der Waals surface area contributed by atoms with Crippen molar-refractivity contribution in [2.24, 2.45) is 0 Å². The fraction of sp³-hybridized carbons (Fsp3) is 0.667. The summed E-state index contributed by atoms with van der Waals surface area (Å²) in [7, 11) is 0. The van der Waals surface area contributed by atoms with Gasteiger partial charge in [0.2, 0.25) is 5.91 Å². The maximum absolute atomic E-state index is 12.5. The number of rotatable bonds is 3. The number of fused-ring (bicyclic) bond motifs is 1. The minimum Gasteiger partial charge on any atom is -0.338 e. The van der Waals surface area contributed by atoms with Crippen LogP contribution >= 0.6 is 11.8 Å². The van der Waals surface area contributed by atoms with Gasteiger partial charge in [-0.25, -0.2) is 0 Å². The molecule has 2 atom stereocenters. The molecule has 1 aromatic heterocycles. The second-order valence-corrected chi connectivity index (χ2v) is 6.89. The van der Waals surface area contributed by atoms with Crippen LogP contribution in [0.3, 0.4) is 0 Å². The fourth-order valence-electron chi connectivity index (χ4n) is 3.24. The predicted octanol–water partition coefficient (Wildman–Crippen LogP) is 2.30. The molecule has 0 unspecified atom stereocenters. The average Bonchev–Trinajstić information content (AvgIpc) is 2.53. The van der Waals surface area contributed by atoms with E-state index in [4.69, 9.17) is 0 Å². The molecule has 108 valence electrons. The van der Waals surface area contributed by atoms with Crippen LogP contribution in [0.15, 0.2) is 18.6 Å². The van der Waals surface area contributed by atoms with Crippen molar-refractivity contribution in [2.75, 3.05) is 12.3 Å². The summed E-state index contributed by atoms with van der Waals surface area (Å²) in [6, 6.07) is 0.483. The van der Waals surface area contributed by atoms with Gasteiger partial charge >= 0.3 is 0 Å². The Balaban J connectivity index is 1.58. The van der Waals surface area contributed by atoms with Gasteiger partial charge in [-0.3, -0.25) is 14.8 Å². The van der Waals surface area contributed by atoms with Crippen molar-refractivity contribution in [3.8, 4) is 0 Å². The van der Waals surface area contributed by atoms with Gasteiger partial charge in [0.1, 0.15) is 0 Å². The van der Waals surface area contributed by atoms with Gasteiger partial charge in [-0.2, -0.15) is 11.8 Å². The highest BCUT2D eigenvalue weighted by Crippen LogP contribution is 2.35. The van der Waals surface area contributed by atoms with Gasteiger partial charge < -0.3 is 4.90 Å². The summed E-state index contributed by atoms with van der Waals surface area (Å²) in [5.74, 6) is 1.39. The molecule has 1 saturated carbocycles. The highest BCUT2D eigenvalue weighted by Gasteiger charge is 2.35. The molecule has 0 bridgehead atoms. The molecule has 1 aromatic rings. The number of nitrogens with zero attached hydrogens (tertiary/aromatic N) is 3. The smallest absolute Gasteiger partial charge is 0.223 e. The Kier molecular flexibility index (Phi) is 4.55. The first-order valence-electron chi connectivity index (χ1n) is 7.50. The number of amides is 1. The lowest BCUT2D eigenvalue weighted by molar-refractivity contribution is -0.134. The maximum atomic E-state index is 12.5. The van der Waals surface area contributed by atoms with Crippen LogP contribution in [0.25, 0.3) is 0 Å². The van der Waals surface area contributed by atoms with Crippen molar-refractivity contribution in [3.63, 3.8) is 0 Å². The zero-order chi connectivity index (χ0) is 13.8. The molecule has 3 rings (SSSR count). The third-order valence-electron chi connectivity index (χ3n) is 4.26. The van der Waals surface area contributed by atoms with E-state index in [1.807, 2.05) is 0 Å². The van der Waals surface area contributed by atoms with Gasteiger partial charge in [-0.15, -0.1) is 0 Å². The van der Waals surface area contributed by atoms with Gasteiger partial charge in [-0.1, -0.05) is 12.8 Å². The number of thioether (sulfide) groups is 1. The molecular formula is C15H21N3OS. The molecule has 2 heterocycles. The zero-order valence-electron chi connectivity index (χ0n) is 11.7. The number of hydrogen-bond acceptors (Lipinski definition) is 4. The highest BCUT2D eigenvalue weighted by atomic mass is 32.2. The van der Waals surface area contributed by atoms with Crippen molar-refractivity contribution in [2.45, 2.75) is 49.8 Å². The van der Waals surface area contributed by atoms with E-state index in [0.717, 1.165) is 18.0 Å². The summed E-state index contributed by atoms with van der Waals surface area (Å²) >= 11 is 2.07. The van der Waals surface area contributed by atoms with Crippen molar-refractivity contribution in [1.82, 2.24) is 14.9 Å². The summed E-state index contributed by atoms with van der Waals surface area (Å²) in [4.78, 5) is 22.9. The van der Waals surface area contributed by atoms with E-state index in [1.54, 1.807) is 18.6 Å². The molecule has 0 aromatic carbocycles. The zero-order valence-corrected chi connectivity index (χ0v) is 12.5. The standard InChI is InChI=1S/C15H21N3OS/c19-15(6-5-12-11-16-7-8-17-12)18-9-10-20-14-4-2-1-3-13(14)18/h7-8,11,13-14H,1-6,9-10H2/t13-,14+/m0/s1. The van der Waals surface area contributed by atoms with Crippen LogP contribution < -0.4 is 0 Å². The first kappa shape index (κ1) is 13.9. The Morgan fingerprint density at radius 1 is 1.35 bits per heavy atom. The molecule has 1 amide bonds. The summed E-state index contributed by atoms with van der Waals surface area (Å²) in [6.45, 7) is 0.922. The summed E-state index contributed by atoms with van der Waals surface area (Å²) in [5, 5.41) is 0.679. The van der Waals surface area contributed by atoms with E-state index in [1.165, 1.54) is 25.7 Å². The molecule has 0 spiro atoms. The first-order valence-corrected chi connectivity index (χ1v) is 8.55. The van der Waals surface area contributed by atoms with E-state index in [0.29, 0.717) is 30.0 Å². The van der Waals surface area contributed by atoms with E-state index in [-0.39, 0.29) is 0 Å². The Morgan fingerprint density at radius 3 is 3.10 bits per heavy atom. The van der Waals surface area contributed by atoms with E-state index in [9.17, 15) is 4.79 Å². The molecule has 4 nitrogen and oxygen atoms in total. The Labute approximate surface area is 124 Å². The van der Waals surface area contributed by atoms with E-state index >= 15 is 0 Å². The maximum Gasteiger partial charge on any atom is 0.223 e. The normalized spacial score (nSPS) is 26.1. The number of carbonyl (C=O) groups is 1. The Hall–Kier alpha value is -1.10. The third-order valence-corrected chi connectivity index (χ3v) is 5.66. The second-order valence-electron chi connectivity index (χ2n) is 5.54. The van der Waals surface area contributed by atoms with Crippen LogP contribution in [0.5, 0.6) is 0 Å². The number of aryl methyl sites for hydroxylation is 1. The number of hydrogen-bond donors (Lipinski definition) is 0. The molecule has 5 heteroatoms. The van der Waals surface area contributed by atoms with Gasteiger partial charge in [0.15, 0.2) is 0 Å². The quantitative estimate of drug-likeness (QED) is 0.857. The Bertz CT molecular complexity index is 452. The van der Waals surface area contributed by atoms with Crippen LogP contribution in [-0.4, -0.2) is 44.4 Å². The SMILES string of the molecule is O=C(CCc1cnccn1)N1CCS[C@@H]2CCCC[C@@H]21. The van der Waals surface area contributed by atoms with E-state index in [2.05, 4.69) is 26.6 Å². The summed E-state index contributed by atoms with van der Waals surface area (Å²) in [6.07, 6.45) is 11.4. The van der Waals surface area contributed by atoms with Crippen molar-refractivity contribution in [3.05, 3.63) is 24.3 Å². The summed E-state index contributed by atoms with van der Waals surface area (Å²) < 4.78 is 0. The van der Waals surface area contributed by atoms with Crippen molar-refractivity contribution in [1.29, 1.82) is 0 Å². The molecule has 20 heavy (non-hydrogen) atoms. The van der Waals surface area contributed by atoms with Gasteiger partial charge in [0.05, 0.1) is 5.69 Å². The highest BCUT2D eigenvalue weighted by molar-refractivity contribution is 8.00. The van der Waals surface area contributed by atoms with Gasteiger partial charge in [0.25, 0.3) is 0 Å². The predicted molar refractivity (Wildman–Crippen MR) is 80.6 cm³/mol. The molecule has 0 N–H and O–H groups in total. The lowest BCUT2D eigenvalue weighted by atomic mass is 9.93. The molecule has 1 aliphatic carbocycles. The molecule has 0 radical (unpaired) electrons. The lowest BCUT2D eigenvalue weighted by Gasteiger charge is -2.43. The second kappa shape index (κ2) is 6.57. The van der Waals surface area contributed by atoms with Crippen LogP contribution in [0.1, 0.15) is 37.8 Å². The minimum absolute atomic E-state index is 0.299. The fourth-order valence-corrected chi connectivity index (χ4v) is 4.69. The largest absolute Gasteiger partial charge is 0.338 e. The van der Waals surface area contributed by atoms with Crippen molar-refractivity contribution < 1.29 is 4.79 Å². The van der Waals surface area contributed by atoms with Gasteiger partial charge in [-0.05, 0) is 19.3 Å². The lowest BCUT2D eigenvalue weighted by Crippen LogP contribution is -2.51. The van der Waals surface area contributed by atoms with Crippen LogP contribution in [-0.2, 0) is 11.2 Å². The van der Waals surface area contributed by atoms with Crippen LogP contribution in [0.2, 0.25) is 0 Å². The van der Waals surface area contributed by atoms with Crippen molar-refractivity contribution >= 4 is 17.7 Å². The monoisotopic (exact) mass is 291 g/mol. The van der Waals surface area contributed by atoms with Crippen LogP contribution in [0, 0.1) is 0 Å². The number of aromatic nitrogens is 2. The third kappa shape index (κ3) is 3.14.